The van der Waals surface area contributed by atoms with E-state index in [1.807, 2.05) is 18.2 Å². The van der Waals surface area contributed by atoms with E-state index in [-0.39, 0.29) is 18.2 Å². The minimum Gasteiger partial charge on any atom is -0.445 e. The molecule has 1 unspecified atom stereocenters. The van der Waals surface area contributed by atoms with Crippen molar-refractivity contribution < 1.29 is 22.7 Å². The van der Waals surface area contributed by atoms with Gasteiger partial charge in [-0.3, -0.25) is 4.90 Å². The maximum atomic E-state index is 13.0. The van der Waals surface area contributed by atoms with Gasteiger partial charge in [-0.1, -0.05) is 30.3 Å². The fourth-order valence-corrected chi connectivity index (χ4v) is 5.18. The van der Waals surface area contributed by atoms with Gasteiger partial charge in [0.1, 0.15) is 6.10 Å². The van der Waals surface area contributed by atoms with E-state index < -0.39 is 11.7 Å². The Morgan fingerprint density at radius 2 is 1.81 bits per heavy atom. The topological polar surface area (TPSA) is 41.6 Å². The van der Waals surface area contributed by atoms with Gasteiger partial charge in [0.25, 0.3) is 0 Å². The first kappa shape index (κ1) is 20.4. The van der Waals surface area contributed by atoms with Crippen molar-refractivity contribution in [1.29, 1.82) is 0 Å². The lowest BCUT2D eigenvalue weighted by Gasteiger charge is -2.43. The standard InChI is InChI=1S/C24H25F3N2O2/c25-24(26,27)19-3-1-2-16(13-19)17-4-6-20-18(12-17)5-7-21(20)28-23(30)31-22-14-29-10-8-15(22)9-11-29/h1-4,6,12-13,15,21-22H,5,7-11,14H2,(H,28,30)/t21?,22-/m1/s1. The predicted octanol–water partition coefficient (Wildman–Crippen LogP) is 5.18. The molecule has 164 valence electrons. The highest BCUT2D eigenvalue weighted by molar-refractivity contribution is 5.70. The minimum absolute atomic E-state index is 0.0355. The van der Waals surface area contributed by atoms with E-state index in [0.717, 1.165) is 68.1 Å². The van der Waals surface area contributed by atoms with Crippen molar-refractivity contribution in [2.75, 3.05) is 19.6 Å². The number of hydrogen-bond acceptors (Lipinski definition) is 3. The van der Waals surface area contributed by atoms with Crippen LogP contribution >= 0.6 is 0 Å². The van der Waals surface area contributed by atoms with Crippen LogP contribution in [0.3, 0.4) is 0 Å². The van der Waals surface area contributed by atoms with Crippen LogP contribution in [-0.4, -0.2) is 36.7 Å². The fourth-order valence-electron chi connectivity index (χ4n) is 5.18. The number of carbonyl (C=O) groups is 1. The molecule has 2 aromatic rings. The third kappa shape index (κ3) is 4.15. The number of benzene rings is 2. The highest BCUT2D eigenvalue weighted by Gasteiger charge is 2.37. The number of amides is 1. The van der Waals surface area contributed by atoms with Gasteiger partial charge in [0.05, 0.1) is 11.6 Å². The second-order valence-corrected chi connectivity index (χ2v) is 8.81. The summed E-state index contributed by atoms with van der Waals surface area (Å²) in [4.78, 5) is 14.9. The van der Waals surface area contributed by atoms with Gasteiger partial charge in [-0.15, -0.1) is 0 Å². The van der Waals surface area contributed by atoms with E-state index in [4.69, 9.17) is 4.74 Å². The Bertz CT molecular complexity index is 983. The van der Waals surface area contributed by atoms with Crippen molar-refractivity contribution in [2.45, 2.75) is 44.0 Å². The Morgan fingerprint density at radius 3 is 2.52 bits per heavy atom. The van der Waals surface area contributed by atoms with Gasteiger partial charge in [0, 0.05) is 6.54 Å². The summed E-state index contributed by atoms with van der Waals surface area (Å²) in [6, 6.07) is 10.9. The number of rotatable bonds is 3. The summed E-state index contributed by atoms with van der Waals surface area (Å²) in [6.45, 7) is 3.01. The molecule has 4 nitrogen and oxygen atoms in total. The van der Waals surface area contributed by atoms with Crippen molar-refractivity contribution in [1.82, 2.24) is 10.2 Å². The summed E-state index contributed by atoms with van der Waals surface area (Å²) in [5, 5.41) is 3.00. The minimum atomic E-state index is -4.36. The largest absolute Gasteiger partial charge is 0.445 e. The van der Waals surface area contributed by atoms with Crippen molar-refractivity contribution in [2.24, 2.45) is 5.92 Å². The number of ether oxygens (including phenoxy) is 1. The number of fused-ring (bicyclic) bond motifs is 4. The van der Waals surface area contributed by atoms with Crippen LogP contribution in [0, 0.1) is 5.92 Å². The summed E-state index contributed by atoms with van der Waals surface area (Å²) in [6.07, 6.45) is -1.07. The lowest BCUT2D eigenvalue weighted by Crippen LogP contribution is -2.52. The second kappa shape index (κ2) is 7.86. The van der Waals surface area contributed by atoms with Crippen LogP contribution < -0.4 is 5.32 Å². The zero-order valence-electron chi connectivity index (χ0n) is 17.1. The SMILES string of the molecule is O=C(NC1CCc2cc(-c3cccc(C(F)(F)F)c3)ccc21)O[C@@H]1CN2CCC1CC2. The highest BCUT2D eigenvalue weighted by Crippen LogP contribution is 2.37. The Hall–Kier alpha value is -2.54. The molecule has 4 aliphatic rings. The lowest BCUT2D eigenvalue weighted by molar-refractivity contribution is -0.137. The van der Waals surface area contributed by atoms with Gasteiger partial charge in [-0.25, -0.2) is 4.79 Å². The van der Waals surface area contributed by atoms with E-state index in [2.05, 4.69) is 10.2 Å². The predicted molar refractivity (Wildman–Crippen MR) is 111 cm³/mol. The smallest absolute Gasteiger partial charge is 0.416 e. The van der Waals surface area contributed by atoms with Crippen LogP contribution in [0.4, 0.5) is 18.0 Å². The van der Waals surface area contributed by atoms with E-state index in [1.165, 1.54) is 12.1 Å². The molecular formula is C24H25F3N2O2. The van der Waals surface area contributed by atoms with Crippen LogP contribution in [-0.2, 0) is 17.3 Å². The van der Waals surface area contributed by atoms with Crippen molar-refractivity contribution in [3.05, 3.63) is 59.2 Å². The lowest BCUT2D eigenvalue weighted by atomic mass is 9.86. The Balaban J connectivity index is 1.27. The van der Waals surface area contributed by atoms with E-state index >= 15 is 0 Å². The van der Waals surface area contributed by atoms with Crippen LogP contribution in [0.2, 0.25) is 0 Å². The molecule has 1 aliphatic carbocycles. The Kier molecular flexibility index (Phi) is 5.16. The van der Waals surface area contributed by atoms with Crippen molar-refractivity contribution in [3.63, 3.8) is 0 Å². The van der Waals surface area contributed by atoms with Crippen LogP contribution in [0.25, 0.3) is 11.1 Å². The number of nitrogens with zero attached hydrogens (tertiary/aromatic N) is 1. The van der Waals surface area contributed by atoms with Crippen LogP contribution in [0.1, 0.15) is 42.0 Å². The zero-order valence-corrected chi connectivity index (χ0v) is 17.1. The Labute approximate surface area is 179 Å². The summed E-state index contributed by atoms with van der Waals surface area (Å²) >= 11 is 0. The first-order valence-electron chi connectivity index (χ1n) is 10.9. The number of aryl methyl sites for hydroxylation is 1. The number of piperidine rings is 3. The van der Waals surface area contributed by atoms with Crippen LogP contribution in [0.5, 0.6) is 0 Å². The molecule has 0 spiro atoms. The number of nitrogens with one attached hydrogen (secondary N) is 1. The molecule has 3 aliphatic heterocycles. The number of alkyl carbamates (subject to hydrolysis) is 1. The molecule has 31 heavy (non-hydrogen) atoms. The van der Waals surface area contributed by atoms with Crippen LogP contribution in [0.15, 0.2) is 42.5 Å². The van der Waals surface area contributed by atoms with Gasteiger partial charge in [-0.05, 0) is 79.1 Å². The molecule has 3 heterocycles. The first-order valence-corrected chi connectivity index (χ1v) is 10.9. The monoisotopic (exact) mass is 430 g/mol. The van der Waals surface area contributed by atoms with Crippen molar-refractivity contribution in [3.8, 4) is 11.1 Å². The van der Waals surface area contributed by atoms with Gasteiger partial charge < -0.3 is 10.1 Å². The molecule has 0 radical (unpaired) electrons. The maximum absolute atomic E-state index is 13.0. The molecule has 1 N–H and O–H groups in total. The van der Waals surface area contributed by atoms with E-state index in [9.17, 15) is 18.0 Å². The third-order valence-electron chi connectivity index (χ3n) is 6.89. The molecule has 7 heteroatoms. The van der Waals surface area contributed by atoms with Gasteiger partial charge >= 0.3 is 12.3 Å². The summed E-state index contributed by atoms with van der Waals surface area (Å²) < 4.78 is 44.9. The maximum Gasteiger partial charge on any atom is 0.416 e. The van der Waals surface area contributed by atoms with Gasteiger partial charge in [0.15, 0.2) is 0 Å². The number of alkyl halides is 3. The average molecular weight is 430 g/mol. The number of hydrogen-bond donors (Lipinski definition) is 1. The Morgan fingerprint density at radius 1 is 1.03 bits per heavy atom. The van der Waals surface area contributed by atoms with E-state index in [0.29, 0.717) is 11.5 Å². The normalized spacial score (nSPS) is 27.1. The second-order valence-electron chi connectivity index (χ2n) is 8.81. The molecule has 3 saturated heterocycles. The van der Waals surface area contributed by atoms with Gasteiger partial charge in [-0.2, -0.15) is 13.2 Å². The fraction of sp³-hybridized carbons (Fsp3) is 0.458. The molecule has 0 saturated carbocycles. The molecule has 2 aromatic carbocycles. The quantitative estimate of drug-likeness (QED) is 0.730. The summed E-state index contributed by atoms with van der Waals surface area (Å²) in [7, 11) is 0. The average Bonchev–Trinajstić information content (AvgIpc) is 3.16. The third-order valence-corrected chi connectivity index (χ3v) is 6.89. The highest BCUT2D eigenvalue weighted by atomic mass is 19.4. The van der Waals surface area contributed by atoms with Gasteiger partial charge in [0.2, 0.25) is 0 Å². The van der Waals surface area contributed by atoms with E-state index in [1.54, 1.807) is 6.07 Å². The molecule has 3 fully saturated rings. The summed E-state index contributed by atoms with van der Waals surface area (Å²) in [5.74, 6) is 0.460. The molecular weight excluding hydrogens is 405 g/mol. The molecule has 2 bridgehead atoms. The number of carbonyl (C=O) groups excluding carboxylic acids is 1. The number of halogens is 3. The molecule has 2 atom stereocenters. The molecule has 1 amide bonds. The van der Waals surface area contributed by atoms with Crippen molar-refractivity contribution >= 4 is 6.09 Å². The molecule has 6 rings (SSSR count). The first-order chi connectivity index (χ1) is 14.9. The zero-order chi connectivity index (χ0) is 21.6. The summed E-state index contributed by atoms with van der Waals surface area (Å²) in [5.41, 5.74) is 2.71. The molecule has 0 aromatic heterocycles.